The first-order valence-corrected chi connectivity index (χ1v) is 9.80. The molecule has 2 fully saturated rings. The Morgan fingerprint density at radius 2 is 1.96 bits per heavy atom. The highest BCUT2D eigenvalue weighted by molar-refractivity contribution is 5.80. The van der Waals surface area contributed by atoms with Crippen molar-refractivity contribution in [1.82, 2.24) is 10.2 Å². The number of hydrogen-bond acceptors (Lipinski definition) is 3. The number of hydrogen-bond donors (Lipinski definition) is 1. The molecule has 3 rings (SSSR count). The first kappa shape index (κ1) is 19.2. The first-order chi connectivity index (χ1) is 12.6. The summed E-state index contributed by atoms with van der Waals surface area (Å²) in [4.78, 5) is 6.83. The van der Waals surface area contributed by atoms with Crippen molar-refractivity contribution in [3.63, 3.8) is 0 Å². The highest BCUT2D eigenvalue weighted by atomic mass is 16.5. The van der Waals surface area contributed by atoms with Crippen LogP contribution in [-0.4, -0.2) is 63.0 Å². The highest BCUT2D eigenvalue weighted by Crippen LogP contribution is 2.22. The summed E-state index contributed by atoms with van der Waals surface area (Å²) in [6.45, 7) is 8.81. The Kier molecular flexibility index (Phi) is 6.54. The summed E-state index contributed by atoms with van der Waals surface area (Å²) in [5.74, 6) is 0.970. The van der Waals surface area contributed by atoms with Crippen molar-refractivity contribution in [3.8, 4) is 0 Å². The third kappa shape index (κ3) is 5.21. The third-order valence-electron chi connectivity index (χ3n) is 5.23. The molecular formula is C21H33N3O2. The minimum atomic E-state index is 0.150. The average Bonchev–Trinajstić information content (AvgIpc) is 3.18. The fourth-order valence-electron chi connectivity index (χ4n) is 3.85. The summed E-state index contributed by atoms with van der Waals surface area (Å²) < 4.78 is 11.8. The van der Waals surface area contributed by atoms with Crippen molar-refractivity contribution < 1.29 is 9.47 Å². The van der Waals surface area contributed by atoms with Gasteiger partial charge in [-0.05, 0) is 30.2 Å². The van der Waals surface area contributed by atoms with E-state index in [1.54, 1.807) is 0 Å². The Bertz CT molecular complexity index is 582. The lowest BCUT2D eigenvalue weighted by molar-refractivity contribution is -0.0817. The lowest BCUT2D eigenvalue weighted by Gasteiger charge is -2.38. The molecule has 1 aromatic carbocycles. The van der Waals surface area contributed by atoms with Crippen LogP contribution in [0.4, 0.5) is 0 Å². The predicted octanol–water partition coefficient (Wildman–Crippen LogP) is 2.71. The molecule has 0 spiro atoms. The summed E-state index contributed by atoms with van der Waals surface area (Å²) in [6.07, 6.45) is 3.69. The van der Waals surface area contributed by atoms with E-state index in [2.05, 4.69) is 59.4 Å². The normalized spacial score (nSPS) is 24.7. The van der Waals surface area contributed by atoms with E-state index < -0.39 is 0 Å². The number of rotatable bonds is 5. The molecule has 1 N–H and O–H groups in total. The van der Waals surface area contributed by atoms with Crippen LogP contribution in [0, 0.1) is 5.41 Å². The van der Waals surface area contributed by atoms with Gasteiger partial charge in [0.15, 0.2) is 5.96 Å². The number of ether oxygens (including phenoxy) is 2. The smallest absolute Gasteiger partial charge is 0.193 e. The molecule has 2 heterocycles. The van der Waals surface area contributed by atoms with Gasteiger partial charge in [0.1, 0.15) is 6.10 Å². The second kappa shape index (κ2) is 8.87. The minimum absolute atomic E-state index is 0.150. The molecule has 1 aromatic rings. The fraction of sp³-hybridized carbons (Fsp3) is 0.667. The molecule has 0 radical (unpaired) electrons. The average molecular weight is 360 g/mol. The van der Waals surface area contributed by atoms with Gasteiger partial charge in [0.05, 0.1) is 12.7 Å². The van der Waals surface area contributed by atoms with E-state index in [1.807, 2.05) is 7.05 Å². The Morgan fingerprint density at radius 1 is 1.19 bits per heavy atom. The molecule has 144 valence electrons. The van der Waals surface area contributed by atoms with Crippen LogP contribution in [0.15, 0.2) is 35.3 Å². The zero-order valence-electron chi connectivity index (χ0n) is 16.4. The van der Waals surface area contributed by atoms with Crippen molar-refractivity contribution in [2.75, 3.05) is 39.9 Å². The van der Waals surface area contributed by atoms with Crippen molar-refractivity contribution >= 4 is 5.96 Å². The van der Waals surface area contributed by atoms with E-state index in [4.69, 9.17) is 9.47 Å². The van der Waals surface area contributed by atoms with Crippen LogP contribution in [-0.2, 0) is 15.9 Å². The third-order valence-corrected chi connectivity index (χ3v) is 5.23. The van der Waals surface area contributed by atoms with Gasteiger partial charge >= 0.3 is 0 Å². The molecule has 2 aliphatic heterocycles. The molecule has 2 unspecified atom stereocenters. The van der Waals surface area contributed by atoms with Crippen molar-refractivity contribution in [2.24, 2.45) is 10.4 Å². The zero-order chi connectivity index (χ0) is 18.4. The maximum Gasteiger partial charge on any atom is 0.193 e. The molecule has 2 saturated heterocycles. The Balaban J connectivity index is 1.53. The van der Waals surface area contributed by atoms with Crippen LogP contribution >= 0.6 is 0 Å². The molecule has 5 heteroatoms. The number of morpholine rings is 1. The molecule has 0 aliphatic carbocycles. The van der Waals surface area contributed by atoms with E-state index in [0.717, 1.165) is 58.1 Å². The summed E-state index contributed by atoms with van der Waals surface area (Å²) in [5, 5.41) is 3.59. The highest BCUT2D eigenvalue weighted by Gasteiger charge is 2.32. The van der Waals surface area contributed by atoms with Crippen LogP contribution in [0.5, 0.6) is 0 Å². The van der Waals surface area contributed by atoms with Gasteiger partial charge in [0, 0.05) is 33.3 Å². The van der Waals surface area contributed by atoms with Crippen LogP contribution in [0.2, 0.25) is 0 Å². The lowest BCUT2D eigenvalue weighted by Crippen LogP contribution is -2.54. The maximum atomic E-state index is 5.96. The molecule has 5 nitrogen and oxygen atoms in total. The van der Waals surface area contributed by atoms with Crippen molar-refractivity contribution in [3.05, 3.63) is 35.9 Å². The van der Waals surface area contributed by atoms with Gasteiger partial charge in [-0.3, -0.25) is 4.99 Å². The van der Waals surface area contributed by atoms with Gasteiger partial charge in [-0.15, -0.1) is 0 Å². The van der Waals surface area contributed by atoms with E-state index >= 15 is 0 Å². The second-order valence-electron chi connectivity index (χ2n) is 8.13. The molecule has 2 aliphatic rings. The Hall–Kier alpha value is -1.59. The SMILES string of the molecule is CN=C(NCC(C)(C)Cc1ccccc1)N1CCOC(C2CCCO2)C1. The molecule has 0 aromatic heterocycles. The second-order valence-corrected chi connectivity index (χ2v) is 8.13. The summed E-state index contributed by atoms with van der Waals surface area (Å²) >= 11 is 0. The summed E-state index contributed by atoms with van der Waals surface area (Å²) in [6, 6.07) is 10.7. The van der Waals surface area contributed by atoms with Crippen LogP contribution in [0.3, 0.4) is 0 Å². The van der Waals surface area contributed by atoms with Gasteiger partial charge in [0.25, 0.3) is 0 Å². The molecule has 0 amide bonds. The van der Waals surface area contributed by atoms with Gasteiger partial charge in [0.2, 0.25) is 0 Å². The van der Waals surface area contributed by atoms with Crippen molar-refractivity contribution in [1.29, 1.82) is 0 Å². The topological polar surface area (TPSA) is 46.1 Å². The quantitative estimate of drug-likeness (QED) is 0.649. The number of aliphatic imine (C=N–C) groups is 1. The minimum Gasteiger partial charge on any atom is -0.375 e. The molecular weight excluding hydrogens is 326 g/mol. The number of nitrogens with zero attached hydrogens (tertiary/aromatic N) is 2. The molecule has 0 saturated carbocycles. The molecule has 26 heavy (non-hydrogen) atoms. The van der Waals surface area contributed by atoms with Gasteiger partial charge < -0.3 is 19.7 Å². The predicted molar refractivity (Wildman–Crippen MR) is 106 cm³/mol. The number of nitrogens with one attached hydrogen (secondary N) is 1. The number of benzene rings is 1. The van der Waals surface area contributed by atoms with E-state index in [9.17, 15) is 0 Å². The van der Waals surface area contributed by atoms with Gasteiger partial charge in [-0.1, -0.05) is 44.2 Å². The summed E-state index contributed by atoms with van der Waals surface area (Å²) in [5.41, 5.74) is 1.52. The van der Waals surface area contributed by atoms with Crippen molar-refractivity contribution in [2.45, 2.75) is 45.3 Å². The lowest BCUT2D eigenvalue weighted by atomic mass is 9.86. The van der Waals surface area contributed by atoms with Crippen LogP contribution in [0.1, 0.15) is 32.3 Å². The van der Waals surface area contributed by atoms with Crippen LogP contribution in [0.25, 0.3) is 0 Å². The van der Waals surface area contributed by atoms with Gasteiger partial charge in [-0.25, -0.2) is 0 Å². The number of guanidine groups is 1. The first-order valence-electron chi connectivity index (χ1n) is 9.80. The molecule has 0 bridgehead atoms. The Morgan fingerprint density at radius 3 is 2.65 bits per heavy atom. The van der Waals surface area contributed by atoms with Crippen LogP contribution < -0.4 is 5.32 Å². The molecule has 2 atom stereocenters. The van der Waals surface area contributed by atoms with E-state index in [0.29, 0.717) is 0 Å². The van der Waals surface area contributed by atoms with E-state index in [-0.39, 0.29) is 17.6 Å². The maximum absolute atomic E-state index is 5.96. The van der Waals surface area contributed by atoms with E-state index in [1.165, 1.54) is 5.56 Å². The fourth-order valence-corrected chi connectivity index (χ4v) is 3.85. The summed E-state index contributed by atoms with van der Waals surface area (Å²) in [7, 11) is 1.86. The Labute approximate surface area is 157 Å². The standard InChI is InChI=1S/C21H33N3O2/c1-21(2,14-17-8-5-4-6-9-17)16-23-20(22-3)24-11-13-26-19(15-24)18-10-7-12-25-18/h4-6,8-9,18-19H,7,10-16H2,1-3H3,(H,22,23). The van der Waals surface area contributed by atoms with Gasteiger partial charge in [-0.2, -0.15) is 0 Å². The zero-order valence-corrected chi connectivity index (χ0v) is 16.4. The largest absolute Gasteiger partial charge is 0.375 e. The monoisotopic (exact) mass is 359 g/mol.